The number of halogens is 1. The average molecular weight is 278 g/mol. The molecule has 0 saturated heterocycles. The molecular weight excluding hydrogens is 258 g/mol. The van der Waals surface area contributed by atoms with Crippen molar-refractivity contribution >= 4 is 17.4 Å². The molecule has 1 heterocycles. The van der Waals surface area contributed by atoms with Crippen molar-refractivity contribution in [3.05, 3.63) is 34.6 Å². The van der Waals surface area contributed by atoms with E-state index >= 15 is 0 Å². The summed E-state index contributed by atoms with van der Waals surface area (Å²) in [5, 5.41) is 0.739. The topological polar surface area (TPSA) is 43.8 Å². The largest absolute Gasteiger partial charge is 0.383 e. The van der Waals surface area contributed by atoms with Crippen molar-refractivity contribution in [3.8, 4) is 11.3 Å². The second kappa shape index (κ2) is 5.66. The molecule has 0 saturated carbocycles. The summed E-state index contributed by atoms with van der Waals surface area (Å²) >= 11 is 6.00. The first-order valence-corrected chi connectivity index (χ1v) is 7.07. The average Bonchev–Trinajstić information content (AvgIpc) is 2.66. The van der Waals surface area contributed by atoms with Crippen LogP contribution >= 0.6 is 11.6 Å². The highest BCUT2D eigenvalue weighted by Gasteiger charge is 2.16. The van der Waals surface area contributed by atoms with E-state index in [-0.39, 0.29) is 0 Å². The van der Waals surface area contributed by atoms with Crippen LogP contribution in [0.25, 0.3) is 11.3 Å². The lowest BCUT2D eigenvalue weighted by Crippen LogP contribution is -2.05. The Morgan fingerprint density at radius 1 is 1.32 bits per heavy atom. The molecule has 1 aromatic heterocycles. The predicted molar refractivity (Wildman–Crippen MR) is 81.5 cm³/mol. The van der Waals surface area contributed by atoms with Crippen LogP contribution in [0.2, 0.25) is 5.02 Å². The van der Waals surface area contributed by atoms with Gasteiger partial charge in [0.15, 0.2) is 0 Å². The Hall–Kier alpha value is -1.48. The Balaban J connectivity index is 2.56. The Labute approximate surface area is 119 Å². The van der Waals surface area contributed by atoms with E-state index in [9.17, 15) is 0 Å². The summed E-state index contributed by atoms with van der Waals surface area (Å²) in [4.78, 5) is 4.73. The number of hydrogen-bond acceptors (Lipinski definition) is 2. The Morgan fingerprint density at radius 2 is 2.05 bits per heavy atom. The number of rotatable bonds is 4. The normalized spacial score (nSPS) is 10.9. The number of nitrogens with zero attached hydrogens (tertiary/aromatic N) is 2. The number of benzene rings is 1. The van der Waals surface area contributed by atoms with Crippen LogP contribution in [0.1, 0.15) is 31.7 Å². The lowest BCUT2D eigenvalue weighted by Gasteiger charge is -2.06. The molecule has 0 aliphatic heterocycles. The minimum Gasteiger partial charge on any atom is -0.383 e. The second-order valence-electron chi connectivity index (χ2n) is 4.72. The fraction of sp³-hybridized carbons (Fsp3) is 0.400. The molecule has 102 valence electrons. The molecule has 1 aromatic carbocycles. The third kappa shape index (κ3) is 2.61. The molecule has 0 atom stereocenters. The molecule has 0 radical (unpaired) electrons. The van der Waals surface area contributed by atoms with Crippen molar-refractivity contribution < 1.29 is 0 Å². The zero-order valence-corrected chi connectivity index (χ0v) is 12.5. The molecule has 2 aromatic rings. The van der Waals surface area contributed by atoms with Gasteiger partial charge in [0.05, 0.1) is 0 Å². The van der Waals surface area contributed by atoms with Crippen molar-refractivity contribution in [2.45, 2.75) is 40.2 Å². The summed E-state index contributed by atoms with van der Waals surface area (Å²) in [6.07, 6.45) is 2.01. The van der Waals surface area contributed by atoms with Gasteiger partial charge in [0.2, 0.25) is 0 Å². The lowest BCUT2D eigenvalue weighted by atomic mass is 10.1. The molecule has 0 fully saturated rings. The number of imidazole rings is 1. The molecule has 0 aliphatic rings. The van der Waals surface area contributed by atoms with Gasteiger partial charge in [-0.3, -0.25) is 0 Å². The van der Waals surface area contributed by atoms with Crippen molar-refractivity contribution in [1.29, 1.82) is 0 Å². The summed E-state index contributed by atoms with van der Waals surface area (Å²) in [6, 6.07) is 5.82. The van der Waals surface area contributed by atoms with Crippen LogP contribution < -0.4 is 5.73 Å². The first kappa shape index (κ1) is 13.9. The number of anilines is 1. The SMILES string of the molecule is CCCc1nc(-c2ccc(Cl)cc2C)c(N)n1CC. The van der Waals surface area contributed by atoms with Crippen LogP contribution in [-0.4, -0.2) is 9.55 Å². The maximum Gasteiger partial charge on any atom is 0.131 e. The van der Waals surface area contributed by atoms with Crippen LogP contribution in [0.4, 0.5) is 5.82 Å². The monoisotopic (exact) mass is 277 g/mol. The van der Waals surface area contributed by atoms with Crippen LogP contribution in [0.3, 0.4) is 0 Å². The molecular formula is C15H20ClN3. The van der Waals surface area contributed by atoms with E-state index in [1.165, 1.54) is 0 Å². The Kier molecular flexibility index (Phi) is 4.15. The molecule has 0 amide bonds. The summed E-state index contributed by atoms with van der Waals surface area (Å²) < 4.78 is 2.09. The van der Waals surface area contributed by atoms with E-state index in [1.807, 2.05) is 25.1 Å². The number of aromatic nitrogens is 2. The number of nitrogens with two attached hydrogens (primary N) is 1. The molecule has 0 bridgehead atoms. The molecule has 3 nitrogen and oxygen atoms in total. The smallest absolute Gasteiger partial charge is 0.131 e. The molecule has 0 unspecified atom stereocenters. The van der Waals surface area contributed by atoms with E-state index in [0.29, 0.717) is 0 Å². The maximum atomic E-state index is 6.25. The van der Waals surface area contributed by atoms with E-state index in [1.54, 1.807) is 0 Å². The first-order chi connectivity index (χ1) is 9.08. The van der Waals surface area contributed by atoms with Gasteiger partial charge in [-0.15, -0.1) is 0 Å². The molecule has 2 N–H and O–H groups in total. The van der Waals surface area contributed by atoms with Gasteiger partial charge in [-0.05, 0) is 38.0 Å². The second-order valence-corrected chi connectivity index (χ2v) is 5.15. The van der Waals surface area contributed by atoms with Gasteiger partial charge in [0.25, 0.3) is 0 Å². The zero-order chi connectivity index (χ0) is 14.0. The fourth-order valence-corrected chi connectivity index (χ4v) is 2.60. The highest BCUT2D eigenvalue weighted by Crippen LogP contribution is 2.30. The first-order valence-electron chi connectivity index (χ1n) is 6.69. The van der Waals surface area contributed by atoms with Gasteiger partial charge in [-0.25, -0.2) is 4.98 Å². The lowest BCUT2D eigenvalue weighted by molar-refractivity contribution is 0.690. The van der Waals surface area contributed by atoms with E-state index in [2.05, 4.69) is 18.4 Å². The summed E-state index contributed by atoms with van der Waals surface area (Å²) in [5.41, 5.74) is 9.29. The summed E-state index contributed by atoms with van der Waals surface area (Å²) in [5.74, 6) is 1.81. The van der Waals surface area contributed by atoms with E-state index in [4.69, 9.17) is 22.3 Å². The van der Waals surface area contributed by atoms with Gasteiger partial charge in [0.1, 0.15) is 17.3 Å². The fourth-order valence-electron chi connectivity index (χ4n) is 2.37. The van der Waals surface area contributed by atoms with Gasteiger partial charge in [-0.2, -0.15) is 0 Å². The van der Waals surface area contributed by atoms with Crippen molar-refractivity contribution in [2.24, 2.45) is 0 Å². The Bertz CT molecular complexity index is 587. The minimum atomic E-state index is 0.739. The molecule has 2 rings (SSSR count). The molecule has 19 heavy (non-hydrogen) atoms. The van der Waals surface area contributed by atoms with Gasteiger partial charge < -0.3 is 10.3 Å². The van der Waals surface area contributed by atoms with Gasteiger partial charge in [-0.1, -0.05) is 24.6 Å². The van der Waals surface area contributed by atoms with Crippen molar-refractivity contribution in [2.75, 3.05) is 5.73 Å². The van der Waals surface area contributed by atoms with Crippen LogP contribution in [0, 0.1) is 6.92 Å². The third-order valence-electron chi connectivity index (χ3n) is 3.32. The molecule has 4 heteroatoms. The van der Waals surface area contributed by atoms with E-state index in [0.717, 1.165) is 52.9 Å². The third-order valence-corrected chi connectivity index (χ3v) is 3.55. The summed E-state index contributed by atoms with van der Waals surface area (Å²) in [7, 11) is 0. The van der Waals surface area contributed by atoms with E-state index < -0.39 is 0 Å². The molecule has 0 aliphatic carbocycles. The number of hydrogen-bond donors (Lipinski definition) is 1. The highest BCUT2D eigenvalue weighted by molar-refractivity contribution is 6.30. The van der Waals surface area contributed by atoms with Gasteiger partial charge in [0, 0.05) is 23.6 Å². The molecule has 0 spiro atoms. The maximum absolute atomic E-state index is 6.25. The summed E-state index contributed by atoms with van der Waals surface area (Å²) in [6.45, 7) is 7.12. The quantitative estimate of drug-likeness (QED) is 0.916. The van der Waals surface area contributed by atoms with Crippen molar-refractivity contribution in [3.63, 3.8) is 0 Å². The zero-order valence-electron chi connectivity index (χ0n) is 11.7. The van der Waals surface area contributed by atoms with Crippen LogP contribution in [-0.2, 0) is 13.0 Å². The predicted octanol–water partition coefficient (Wildman–Crippen LogP) is 4.07. The van der Waals surface area contributed by atoms with Gasteiger partial charge >= 0.3 is 0 Å². The number of nitrogen functional groups attached to an aromatic ring is 1. The van der Waals surface area contributed by atoms with Crippen LogP contribution in [0.15, 0.2) is 18.2 Å². The minimum absolute atomic E-state index is 0.739. The number of aryl methyl sites for hydroxylation is 2. The van der Waals surface area contributed by atoms with Crippen LogP contribution in [0.5, 0.6) is 0 Å². The highest BCUT2D eigenvalue weighted by atomic mass is 35.5. The standard InChI is InChI=1S/C15H20ClN3/c1-4-6-13-18-14(15(17)19(13)5-2)12-8-7-11(16)9-10(12)3/h7-9H,4-6,17H2,1-3H3. The van der Waals surface area contributed by atoms with Crippen molar-refractivity contribution in [1.82, 2.24) is 9.55 Å². The Morgan fingerprint density at radius 3 is 2.63 bits per heavy atom.